The van der Waals surface area contributed by atoms with Crippen LogP contribution in [0.3, 0.4) is 0 Å². The van der Waals surface area contributed by atoms with E-state index in [1.807, 2.05) is 0 Å². The zero-order valence-electron chi connectivity index (χ0n) is 12.1. The molecule has 0 bridgehead atoms. The van der Waals surface area contributed by atoms with E-state index < -0.39 is 0 Å². The molecule has 0 rings (SSSR count). The molecule has 0 radical (unpaired) electrons. The standard InChI is InChI=1S/C14H32N2/c1-6-10-16(11-9-13(4)5)14(7-2,8-3)12-15/h13H,6-12,15H2,1-5H3. The normalized spacial score (nSPS) is 12.8. The van der Waals surface area contributed by atoms with Crippen molar-refractivity contribution in [2.24, 2.45) is 11.7 Å². The summed E-state index contributed by atoms with van der Waals surface area (Å²) in [5, 5.41) is 0. The average Bonchev–Trinajstić information content (AvgIpc) is 2.28. The van der Waals surface area contributed by atoms with Crippen LogP contribution >= 0.6 is 0 Å². The smallest absolute Gasteiger partial charge is 0.0326 e. The van der Waals surface area contributed by atoms with Crippen molar-refractivity contribution >= 4 is 0 Å². The lowest BCUT2D eigenvalue weighted by Gasteiger charge is -2.43. The molecule has 0 aliphatic heterocycles. The van der Waals surface area contributed by atoms with Crippen molar-refractivity contribution in [3.8, 4) is 0 Å². The Morgan fingerprint density at radius 2 is 1.62 bits per heavy atom. The molecule has 98 valence electrons. The van der Waals surface area contributed by atoms with Crippen LogP contribution in [0, 0.1) is 5.92 Å². The van der Waals surface area contributed by atoms with Gasteiger partial charge < -0.3 is 5.73 Å². The number of nitrogens with two attached hydrogens (primary N) is 1. The maximum Gasteiger partial charge on any atom is 0.0326 e. The highest BCUT2D eigenvalue weighted by Crippen LogP contribution is 2.24. The van der Waals surface area contributed by atoms with Crippen LogP contribution < -0.4 is 5.73 Å². The van der Waals surface area contributed by atoms with Crippen molar-refractivity contribution < 1.29 is 0 Å². The minimum atomic E-state index is 0.241. The van der Waals surface area contributed by atoms with Gasteiger partial charge in [0.05, 0.1) is 0 Å². The monoisotopic (exact) mass is 228 g/mol. The van der Waals surface area contributed by atoms with Gasteiger partial charge in [0.2, 0.25) is 0 Å². The van der Waals surface area contributed by atoms with Gasteiger partial charge in [-0.15, -0.1) is 0 Å². The second kappa shape index (κ2) is 8.08. The Bertz CT molecular complexity index is 154. The topological polar surface area (TPSA) is 29.3 Å². The van der Waals surface area contributed by atoms with Gasteiger partial charge >= 0.3 is 0 Å². The predicted octanol–water partition coefficient (Wildman–Crippen LogP) is 3.26. The Balaban J connectivity index is 4.56. The molecule has 0 aromatic rings. The highest BCUT2D eigenvalue weighted by atomic mass is 15.2. The Kier molecular flexibility index (Phi) is 8.04. The zero-order valence-corrected chi connectivity index (χ0v) is 12.1. The van der Waals surface area contributed by atoms with Crippen LogP contribution in [0.25, 0.3) is 0 Å². The average molecular weight is 228 g/mol. The number of nitrogens with zero attached hydrogens (tertiary/aromatic N) is 1. The van der Waals surface area contributed by atoms with Gasteiger partial charge in [-0.05, 0) is 44.7 Å². The van der Waals surface area contributed by atoms with E-state index in [9.17, 15) is 0 Å². The Morgan fingerprint density at radius 3 is 1.94 bits per heavy atom. The van der Waals surface area contributed by atoms with E-state index in [2.05, 4.69) is 39.5 Å². The third-order valence-corrected chi connectivity index (χ3v) is 3.84. The van der Waals surface area contributed by atoms with Crippen LogP contribution in [-0.2, 0) is 0 Å². The molecule has 2 N–H and O–H groups in total. The zero-order chi connectivity index (χ0) is 12.6. The molecule has 0 aromatic heterocycles. The maximum atomic E-state index is 6.02. The highest BCUT2D eigenvalue weighted by molar-refractivity contribution is 4.89. The molecule has 0 aliphatic rings. The van der Waals surface area contributed by atoms with Crippen LogP contribution in [0.2, 0.25) is 0 Å². The van der Waals surface area contributed by atoms with E-state index in [4.69, 9.17) is 5.73 Å². The number of rotatable bonds is 9. The van der Waals surface area contributed by atoms with Gasteiger partial charge in [-0.25, -0.2) is 0 Å². The van der Waals surface area contributed by atoms with Crippen molar-refractivity contribution in [3.63, 3.8) is 0 Å². The maximum absolute atomic E-state index is 6.02. The molecule has 2 nitrogen and oxygen atoms in total. The van der Waals surface area contributed by atoms with E-state index >= 15 is 0 Å². The van der Waals surface area contributed by atoms with Gasteiger partial charge in [0.1, 0.15) is 0 Å². The lowest BCUT2D eigenvalue weighted by molar-refractivity contribution is 0.0795. The molecule has 0 unspecified atom stereocenters. The third kappa shape index (κ3) is 4.42. The molecule has 0 heterocycles. The Labute approximate surface area is 103 Å². The molecule has 0 fully saturated rings. The largest absolute Gasteiger partial charge is 0.329 e. The molecule has 0 atom stereocenters. The fraction of sp³-hybridized carbons (Fsp3) is 1.00. The number of hydrogen-bond donors (Lipinski definition) is 1. The Hall–Kier alpha value is -0.0800. The quantitative estimate of drug-likeness (QED) is 0.656. The van der Waals surface area contributed by atoms with E-state index in [1.54, 1.807) is 0 Å². The highest BCUT2D eigenvalue weighted by Gasteiger charge is 2.30. The summed E-state index contributed by atoms with van der Waals surface area (Å²) < 4.78 is 0. The molecule has 2 heteroatoms. The molecule has 0 aliphatic carbocycles. The summed E-state index contributed by atoms with van der Waals surface area (Å²) in [5.74, 6) is 0.781. The fourth-order valence-electron chi connectivity index (χ4n) is 2.39. The van der Waals surface area contributed by atoms with Crippen molar-refractivity contribution in [2.45, 2.75) is 65.8 Å². The summed E-state index contributed by atoms with van der Waals surface area (Å²) in [4.78, 5) is 2.63. The van der Waals surface area contributed by atoms with Gasteiger partial charge in [0.25, 0.3) is 0 Å². The van der Waals surface area contributed by atoms with Gasteiger partial charge in [0, 0.05) is 12.1 Å². The lowest BCUT2D eigenvalue weighted by atomic mass is 9.89. The van der Waals surface area contributed by atoms with Crippen molar-refractivity contribution in [1.29, 1.82) is 0 Å². The van der Waals surface area contributed by atoms with Crippen molar-refractivity contribution in [2.75, 3.05) is 19.6 Å². The van der Waals surface area contributed by atoms with Gasteiger partial charge in [-0.1, -0.05) is 34.6 Å². The second-order valence-corrected chi connectivity index (χ2v) is 5.31. The lowest BCUT2D eigenvalue weighted by Crippen LogP contribution is -2.53. The van der Waals surface area contributed by atoms with E-state index in [-0.39, 0.29) is 5.54 Å². The molecule has 0 aromatic carbocycles. The second-order valence-electron chi connectivity index (χ2n) is 5.31. The first kappa shape index (κ1) is 15.9. The molecular weight excluding hydrogens is 196 g/mol. The minimum Gasteiger partial charge on any atom is -0.329 e. The first-order chi connectivity index (χ1) is 7.56. The van der Waals surface area contributed by atoms with E-state index in [0.29, 0.717) is 0 Å². The van der Waals surface area contributed by atoms with Gasteiger partial charge in [-0.3, -0.25) is 4.90 Å². The van der Waals surface area contributed by atoms with Gasteiger partial charge in [0.15, 0.2) is 0 Å². The summed E-state index contributed by atoms with van der Waals surface area (Å²) in [7, 11) is 0. The van der Waals surface area contributed by atoms with Crippen molar-refractivity contribution in [3.05, 3.63) is 0 Å². The summed E-state index contributed by atoms with van der Waals surface area (Å²) in [6.07, 6.45) is 4.83. The van der Waals surface area contributed by atoms with E-state index in [1.165, 1.54) is 25.9 Å². The third-order valence-electron chi connectivity index (χ3n) is 3.84. The van der Waals surface area contributed by atoms with Crippen LogP contribution in [0.15, 0.2) is 0 Å². The molecule has 0 spiro atoms. The molecule has 0 saturated carbocycles. The molecule has 0 saturated heterocycles. The van der Waals surface area contributed by atoms with Crippen LogP contribution in [-0.4, -0.2) is 30.1 Å². The SMILES string of the molecule is CCCN(CCC(C)C)C(CC)(CC)CN. The summed E-state index contributed by atoms with van der Waals surface area (Å²) in [5.41, 5.74) is 6.27. The molecular formula is C14H32N2. The minimum absolute atomic E-state index is 0.241. The van der Waals surface area contributed by atoms with E-state index in [0.717, 1.165) is 25.3 Å². The predicted molar refractivity (Wildman–Crippen MR) is 73.7 cm³/mol. The van der Waals surface area contributed by atoms with Crippen LogP contribution in [0.1, 0.15) is 60.3 Å². The molecule has 0 amide bonds. The first-order valence-electron chi connectivity index (χ1n) is 7.01. The van der Waals surface area contributed by atoms with Crippen LogP contribution in [0.4, 0.5) is 0 Å². The van der Waals surface area contributed by atoms with Gasteiger partial charge in [-0.2, -0.15) is 0 Å². The Morgan fingerprint density at radius 1 is 1.06 bits per heavy atom. The molecule has 16 heavy (non-hydrogen) atoms. The number of hydrogen-bond acceptors (Lipinski definition) is 2. The summed E-state index contributed by atoms with van der Waals surface area (Å²) in [6, 6.07) is 0. The fourth-order valence-corrected chi connectivity index (χ4v) is 2.39. The van der Waals surface area contributed by atoms with Crippen LogP contribution in [0.5, 0.6) is 0 Å². The van der Waals surface area contributed by atoms with Crippen molar-refractivity contribution in [1.82, 2.24) is 4.90 Å². The summed E-state index contributed by atoms with van der Waals surface area (Å²) >= 11 is 0. The first-order valence-corrected chi connectivity index (χ1v) is 7.01. The summed E-state index contributed by atoms with van der Waals surface area (Å²) in [6.45, 7) is 14.6.